The van der Waals surface area contributed by atoms with E-state index in [4.69, 9.17) is 18.4 Å². The molecule has 160 valence electrons. The van der Waals surface area contributed by atoms with E-state index >= 15 is 0 Å². The van der Waals surface area contributed by atoms with E-state index in [1.165, 1.54) is 0 Å². The number of ether oxygens (including phenoxy) is 2. The highest BCUT2D eigenvalue weighted by atomic mass is 16.5. The van der Waals surface area contributed by atoms with Gasteiger partial charge in [0.15, 0.2) is 11.5 Å². The van der Waals surface area contributed by atoms with Gasteiger partial charge in [0.1, 0.15) is 11.5 Å². The molecule has 0 saturated heterocycles. The number of rotatable bonds is 6. The third-order valence-electron chi connectivity index (χ3n) is 5.08. The third kappa shape index (κ3) is 3.84. The number of fused-ring (bicyclic) bond motifs is 1. The molecule has 0 bridgehead atoms. The first-order valence-electron chi connectivity index (χ1n) is 9.74. The van der Waals surface area contributed by atoms with Gasteiger partial charge in [0.05, 0.1) is 36.6 Å². The largest absolute Gasteiger partial charge is 0.493 e. The summed E-state index contributed by atoms with van der Waals surface area (Å²) in [6, 6.07) is 9.13. The molecule has 0 radical (unpaired) electrons. The summed E-state index contributed by atoms with van der Waals surface area (Å²) in [7, 11) is 3.15. The molecule has 0 fully saturated rings. The number of pyridine rings is 1. The van der Waals surface area contributed by atoms with Gasteiger partial charge < -0.3 is 23.7 Å². The number of furan rings is 1. The summed E-state index contributed by atoms with van der Waals surface area (Å²) in [5.74, 6) is 2.46. The molecule has 1 N–H and O–H groups in total. The average Bonchev–Trinajstić information content (AvgIpc) is 3.32. The normalized spacial score (nSPS) is 11.0. The lowest BCUT2D eigenvalue weighted by Gasteiger charge is -2.11. The van der Waals surface area contributed by atoms with E-state index in [1.54, 1.807) is 33.3 Å². The molecule has 3 aromatic heterocycles. The molecule has 1 amide bonds. The molecule has 4 aromatic rings. The number of carbonyl (C=O) groups excluding carboxylic acids is 1. The summed E-state index contributed by atoms with van der Waals surface area (Å²) in [6.07, 6.45) is 0. The van der Waals surface area contributed by atoms with Crippen LogP contribution in [0, 0.1) is 20.8 Å². The fourth-order valence-corrected chi connectivity index (χ4v) is 3.57. The van der Waals surface area contributed by atoms with Crippen LogP contribution >= 0.6 is 0 Å². The summed E-state index contributed by atoms with van der Waals surface area (Å²) < 4.78 is 21.6. The molecule has 1 aromatic carbocycles. The Kier molecular flexibility index (Phi) is 5.37. The van der Waals surface area contributed by atoms with Gasteiger partial charge in [-0.25, -0.2) is 4.98 Å². The van der Waals surface area contributed by atoms with Crippen LogP contribution in [0.25, 0.3) is 22.4 Å². The van der Waals surface area contributed by atoms with Gasteiger partial charge in [-0.2, -0.15) is 0 Å². The van der Waals surface area contributed by atoms with Crippen LogP contribution < -0.4 is 14.8 Å². The van der Waals surface area contributed by atoms with Crippen LogP contribution in [-0.2, 0) is 6.54 Å². The molecule has 0 atom stereocenters. The summed E-state index contributed by atoms with van der Waals surface area (Å²) in [6.45, 7) is 5.82. The Hall–Kier alpha value is -3.81. The summed E-state index contributed by atoms with van der Waals surface area (Å²) >= 11 is 0. The minimum atomic E-state index is -0.257. The number of nitrogens with zero attached hydrogens (tertiary/aromatic N) is 2. The van der Waals surface area contributed by atoms with Crippen molar-refractivity contribution >= 4 is 17.0 Å². The average molecular weight is 421 g/mol. The summed E-state index contributed by atoms with van der Waals surface area (Å²) in [5.41, 5.74) is 3.63. The van der Waals surface area contributed by atoms with Gasteiger partial charge in [-0.05, 0) is 50.6 Å². The highest BCUT2D eigenvalue weighted by Crippen LogP contribution is 2.31. The van der Waals surface area contributed by atoms with Gasteiger partial charge >= 0.3 is 0 Å². The van der Waals surface area contributed by atoms with Crippen LogP contribution in [-0.4, -0.2) is 30.3 Å². The Morgan fingerprint density at radius 1 is 1.06 bits per heavy atom. The van der Waals surface area contributed by atoms with Crippen LogP contribution in [0.3, 0.4) is 0 Å². The summed E-state index contributed by atoms with van der Waals surface area (Å²) in [4.78, 5) is 17.7. The molecule has 0 spiro atoms. The number of hydrogen-bond donors (Lipinski definition) is 1. The van der Waals surface area contributed by atoms with Crippen LogP contribution in [0.5, 0.6) is 11.5 Å². The van der Waals surface area contributed by atoms with E-state index in [0.29, 0.717) is 46.1 Å². The third-order valence-corrected chi connectivity index (χ3v) is 5.08. The van der Waals surface area contributed by atoms with E-state index in [9.17, 15) is 4.79 Å². The second-order valence-electron chi connectivity index (χ2n) is 7.20. The van der Waals surface area contributed by atoms with Crippen molar-refractivity contribution in [2.75, 3.05) is 14.2 Å². The lowest BCUT2D eigenvalue weighted by atomic mass is 10.1. The number of benzene rings is 1. The number of amides is 1. The first-order valence-corrected chi connectivity index (χ1v) is 9.74. The van der Waals surface area contributed by atoms with Crippen LogP contribution in [0.15, 0.2) is 39.3 Å². The Morgan fingerprint density at radius 3 is 2.52 bits per heavy atom. The number of aromatic nitrogens is 2. The standard InChI is InChI=1S/C23H23N3O5/c1-12-8-16(14(3)30-12)18-10-17(21-13(2)26-31-23(21)25-18)22(27)24-11-15-6-7-19(28-4)20(9-15)29-5/h6-10H,11H2,1-5H3,(H,24,27). The zero-order chi connectivity index (χ0) is 22.1. The number of nitrogens with one attached hydrogen (secondary N) is 1. The highest BCUT2D eigenvalue weighted by Gasteiger charge is 2.21. The van der Waals surface area contributed by atoms with Crippen molar-refractivity contribution < 1.29 is 23.2 Å². The Labute approximate surface area is 179 Å². The van der Waals surface area contributed by atoms with E-state index in [-0.39, 0.29) is 5.91 Å². The SMILES string of the molecule is COc1ccc(CNC(=O)c2cc(-c3cc(C)oc3C)nc3onc(C)c23)cc1OC. The summed E-state index contributed by atoms with van der Waals surface area (Å²) in [5, 5.41) is 7.53. The quantitative estimate of drug-likeness (QED) is 0.494. The van der Waals surface area contributed by atoms with Gasteiger partial charge in [0.25, 0.3) is 11.6 Å². The van der Waals surface area contributed by atoms with E-state index in [1.807, 2.05) is 32.0 Å². The predicted molar refractivity (Wildman–Crippen MR) is 114 cm³/mol. The molecule has 0 aliphatic rings. The molecule has 31 heavy (non-hydrogen) atoms. The monoisotopic (exact) mass is 421 g/mol. The maximum absolute atomic E-state index is 13.1. The van der Waals surface area contributed by atoms with Crippen LogP contribution in [0.2, 0.25) is 0 Å². The number of hydrogen-bond acceptors (Lipinski definition) is 7. The minimum Gasteiger partial charge on any atom is -0.493 e. The molecular weight excluding hydrogens is 398 g/mol. The van der Waals surface area contributed by atoms with Gasteiger partial charge in [0.2, 0.25) is 0 Å². The molecule has 0 unspecified atom stereocenters. The van der Waals surface area contributed by atoms with Crippen LogP contribution in [0.1, 0.15) is 33.1 Å². The molecule has 8 nitrogen and oxygen atoms in total. The number of carbonyl (C=O) groups is 1. The predicted octanol–water partition coefficient (Wildman–Crippen LogP) is 4.36. The molecule has 8 heteroatoms. The molecule has 0 saturated carbocycles. The van der Waals surface area contributed by atoms with Crippen molar-refractivity contribution in [1.29, 1.82) is 0 Å². The second-order valence-corrected chi connectivity index (χ2v) is 7.20. The number of methoxy groups -OCH3 is 2. The molecule has 0 aliphatic carbocycles. The zero-order valence-electron chi connectivity index (χ0n) is 18.0. The number of aryl methyl sites for hydroxylation is 3. The first kappa shape index (κ1) is 20.5. The van der Waals surface area contributed by atoms with Crippen LogP contribution in [0.4, 0.5) is 0 Å². The van der Waals surface area contributed by atoms with Gasteiger partial charge in [-0.15, -0.1) is 0 Å². The smallest absolute Gasteiger partial charge is 0.259 e. The highest BCUT2D eigenvalue weighted by molar-refractivity contribution is 6.07. The van der Waals surface area contributed by atoms with Crippen molar-refractivity contribution in [3.8, 4) is 22.8 Å². The maximum Gasteiger partial charge on any atom is 0.259 e. The Bertz CT molecular complexity index is 1270. The molecular formula is C23H23N3O5. The van der Waals surface area contributed by atoms with Crippen molar-refractivity contribution in [2.24, 2.45) is 0 Å². The van der Waals surface area contributed by atoms with E-state index in [0.717, 1.165) is 22.6 Å². The Balaban J connectivity index is 1.67. The lowest BCUT2D eigenvalue weighted by Crippen LogP contribution is -2.23. The maximum atomic E-state index is 13.1. The first-order chi connectivity index (χ1) is 14.9. The molecule has 3 heterocycles. The lowest BCUT2D eigenvalue weighted by molar-refractivity contribution is 0.0952. The van der Waals surface area contributed by atoms with E-state index in [2.05, 4.69) is 15.5 Å². The van der Waals surface area contributed by atoms with Crippen molar-refractivity contribution in [1.82, 2.24) is 15.5 Å². The molecule has 0 aliphatic heterocycles. The molecule has 4 rings (SSSR count). The van der Waals surface area contributed by atoms with Crippen molar-refractivity contribution in [2.45, 2.75) is 27.3 Å². The zero-order valence-corrected chi connectivity index (χ0v) is 18.0. The van der Waals surface area contributed by atoms with Crippen molar-refractivity contribution in [3.63, 3.8) is 0 Å². The topological polar surface area (TPSA) is 99.6 Å². The van der Waals surface area contributed by atoms with Crippen molar-refractivity contribution in [3.05, 3.63) is 58.7 Å². The van der Waals surface area contributed by atoms with Gasteiger partial charge in [-0.1, -0.05) is 11.2 Å². The fourth-order valence-electron chi connectivity index (χ4n) is 3.57. The Morgan fingerprint density at radius 2 is 1.84 bits per heavy atom. The fraction of sp³-hybridized carbons (Fsp3) is 0.261. The van der Waals surface area contributed by atoms with Gasteiger partial charge in [0, 0.05) is 12.1 Å². The second kappa shape index (κ2) is 8.14. The van der Waals surface area contributed by atoms with E-state index < -0.39 is 0 Å². The van der Waals surface area contributed by atoms with Gasteiger partial charge in [-0.3, -0.25) is 4.79 Å². The minimum absolute atomic E-state index is 0.257.